The predicted molar refractivity (Wildman–Crippen MR) is 349 cm³/mol. The van der Waals surface area contributed by atoms with Crippen LogP contribution in [0.25, 0.3) is 0 Å². The van der Waals surface area contributed by atoms with E-state index < -0.39 is 6.10 Å². The number of allylic oxidation sites excluding steroid dienone is 6. The van der Waals surface area contributed by atoms with Crippen LogP contribution in [0.3, 0.4) is 0 Å². The molecule has 0 saturated heterocycles. The molecule has 0 N–H and O–H groups in total. The monoisotopic (exact) mass is 1120 g/mol. The molecule has 80 heavy (non-hydrogen) atoms. The van der Waals surface area contributed by atoms with Gasteiger partial charge >= 0.3 is 17.9 Å². The fourth-order valence-electron chi connectivity index (χ4n) is 10.9. The molecule has 6 heteroatoms. The first-order valence-corrected chi connectivity index (χ1v) is 36.0. The summed E-state index contributed by atoms with van der Waals surface area (Å²) in [5, 5.41) is 0. The maximum Gasteiger partial charge on any atom is 0.306 e. The van der Waals surface area contributed by atoms with E-state index in [1.165, 1.54) is 270 Å². The van der Waals surface area contributed by atoms with Crippen molar-refractivity contribution in [2.75, 3.05) is 13.2 Å². The number of esters is 3. The van der Waals surface area contributed by atoms with Gasteiger partial charge in [0.05, 0.1) is 0 Å². The Balaban J connectivity index is 4.13. The van der Waals surface area contributed by atoms with Crippen LogP contribution in [0.4, 0.5) is 0 Å². The van der Waals surface area contributed by atoms with Gasteiger partial charge in [0, 0.05) is 19.3 Å². The molecule has 0 aliphatic carbocycles. The molecule has 0 aromatic heterocycles. The van der Waals surface area contributed by atoms with Crippen molar-refractivity contribution in [3.63, 3.8) is 0 Å². The lowest BCUT2D eigenvalue weighted by molar-refractivity contribution is -0.167. The lowest BCUT2D eigenvalue weighted by Gasteiger charge is -2.18. The van der Waals surface area contributed by atoms with Crippen molar-refractivity contribution in [1.82, 2.24) is 0 Å². The Morgan fingerprint density at radius 3 is 0.713 bits per heavy atom. The number of carbonyl (C=O) groups excluding carboxylic acids is 3. The number of hydrogen-bond donors (Lipinski definition) is 0. The minimum atomic E-state index is -0.782. The standard InChI is InChI=1S/C74H138O6/c1-4-7-10-13-16-19-22-25-28-30-31-32-33-34-35-36-37-38-39-40-41-42-43-44-45-47-49-52-55-58-61-64-67-73(76)79-70-71(69-78-72(75)66-63-60-57-54-51-48-27-24-21-18-15-12-9-6-3)80-74(77)68-65-62-59-56-53-50-46-29-26-23-20-17-14-11-8-5-2/h20,23-24,27,29,46,71H,4-19,21-22,25-26,28,30-45,47-70H2,1-3H3/b23-20-,27-24-,46-29-. The highest BCUT2D eigenvalue weighted by Crippen LogP contribution is 2.19. The van der Waals surface area contributed by atoms with Crippen LogP contribution in [-0.4, -0.2) is 37.2 Å². The summed E-state index contributed by atoms with van der Waals surface area (Å²) in [7, 11) is 0. The molecule has 0 aromatic rings. The fraction of sp³-hybridized carbons (Fsp3) is 0.878. The second-order valence-corrected chi connectivity index (χ2v) is 24.5. The van der Waals surface area contributed by atoms with Gasteiger partial charge < -0.3 is 14.2 Å². The molecule has 0 aromatic carbocycles. The fourth-order valence-corrected chi connectivity index (χ4v) is 10.9. The second-order valence-electron chi connectivity index (χ2n) is 24.5. The van der Waals surface area contributed by atoms with Gasteiger partial charge in [-0.25, -0.2) is 0 Å². The van der Waals surface area contributed by atoms with Crippen molar-refractivity contribution in [2.24, 2.45) is 0 Å². The lowest BCUT2D eigenvalue weighted by Crippen LogP contribution is -2.30. The third-order valence-electron chi connectivity index (χ3n) is 16.4. The molecule has 0 rings (SSSR count). The summed E-state index contributed by atoms with van der Waals surface area (Å²) in [6.07, 6.45) is 86.2. The van der Waals surface area contributed by atoms with E-state index in [1.807, 2.05) is 0 Å². The Hall–Kier alpha value is -2.37. The maximum atomic E-state index is 12.9. The highest BCUT2D eigenvalue weighted by molar-refractivity contribution is 5.71. The molecule has 0 amide bonds. The molecule has 0 aliphatic rings. The van der Waals surface area contributed by atoms with Crippen LogP contribution in [0, 0.1) is 0 Å². The van der Waals surface area contributed by atoms with E-state index in [0.717, 1.165) is 89.9 Å². The average Bonchev–Trinajstić information content (AvgIpc) is 3.46. The van der Waals surface area contributed by atoms with Crippen molar-refractivity contribution < 1.29 is 28.6 Å². The number of carbonyl (C=O) groups is 3. The summed E-state index contributed by atoms with van der Waals surface area (Å²) < 4.78 is 17.0. The minimum Gasteiger partial charge on any atom is -0.462 e. The molecule has 0 fully saturated rings. The molecule has 1 unspecified atom stereocenters. The topological polar surface area (TPSA) is 78.9 Å². The van der Waals surface area contributed by atoms with E-state index in [1.54, 1.807) is 0 Å². The Morgan fingerprint density at radius 1 is 0.250 bits per heavy atom. The Labute approximate surface area is 499 Å². The van der Waals surface area contributed by atoms with Crippen LogP contribution in [0.2, 0.25) is 0 Å². The van der Waals surface area contributed by atoms with Crippen LogP contribution >= 0.6 is 0 Å². The second kappa shape index (κ2) is 69.1. The van der Waals surface area contributed by atoms with Gasteiger partial charge in [-0.2, -0.15) is 0 Å². The summed E-state index contributed by atoms with van der Waals surface area (Å²) in [6.45, 7) is 6.66. The van der Waals surface area contributed by atoms with Crippen molar-refractivity contribution in [3.8, 4) is 0 Å². The van der Waals surface area contributed by atoms with Crippen molar-refractivity contribution >= 4 is 17.9 Å². The van der Waals surface area contributed by atoms with Gasteiger partial charge in [-0.05, 0) is 77.0 Å². The minimum absolute atomic E-state index is 0.0763. The Morgan fingerprint density at radius 2 is 0.450 bits per heavy atom. The van der Waals surface area contributed by atoms with Crippen LogP contribution in [0.1, 0.15) is 400 Å². The molecule has 1 atom stereocenters. The maximum absolute atomic E-state index is 12.9. The highest BCUT2D eigenvalue weighted by Gasteiger charge is 2.19. The molecule has 0 heterocycles. The number of hydrogen-bond acceptors (Lipinski definition) is 6. The van der Waals surface area contributed by atoms with Crippen LogP contribution in [-0.2, 0) is 28.6 Å². The molecule has 0 saturated carbocycles. The Bertz CT molecular complexity index is 1340. The smallest absolute Gasteiger partial charge is 0.306 e. The SMILES string of the molecule is CCCCCC/C=C\C/C=C\CCCCCCCC(=O)OC(COC(=O)CCCCCCC/C=C\CCCCCCC)COC(=O)CCCCCCCCCCCCCCCCCCCCCCCCCCCCCCCCCC. The van der Waals surface area contributed by atoms with E-state index in [9.17, 15) is 14.4 Å². The van der Waals surface area contributed by atoms with Gasteiger partial charge in [0.25, 0.3) is 0 Å². The molecule has 0 aliphatic heterocycles. The number of rotatable bonds is 67. The largest absolute Gasteiger partial charge is 0.462 e. The third-order valence-corrected chi connectivity index (χ3v) is 16.4. The third kappa shape index (κ3) is 66.4. The van der Waals surface area contributed by atoms with E-state index in [4.69, 9.17) is 14.2 Å². The highest BCUT2D eigenvalue weighted by atomic mass is 16.6. The van der Waals surface area contributed by atoms with Gasteiger partial charge in [0.1, 0.15) is 13.2 Å². The molecular formula is C74H138O6. The quantitative estimate of drug-likeness (QED) is 0.0261. The Kier molecular flexibility index (Phi) is 67.1. The zero-order valence-corrected chi connectivity index (χ0v) is 54.1. The summed E-state index contributed by atoms with van der Waals surface area (Å²) in [4.78, 5) is 38.4. The molecule has 0 bridgehead atoms. The molecule has 0 radical (unpaired) electrons. The van der Waals surface area contributed by atoms with Gasteiger partial charge in [-0.3, -0.25) is 14.4 Å². The summed E-state index contributed by atoms with van der Waals surface area (Å²) in [5.74, 6) is -0.874. The van der Waals surface area contributed by atoms with Crippen molar-refractivity contribution in [1.29, 1.82) is 0 Å². The number of ether oxygens (including phenoxy) is 3. The first-order valence-electron chi connectivity index (χ1n) is 36.0. The molecular weight excluding hydrogens is 985 g/mol. The van der Waals surface area contributed by atoms with Crippen molar-refractivity contribution in [2.45, 2.75) is 406 Å². The van der Waals surface area contributed by atoms with Crippen LogP contribution in [0.5, 0.6) is 0 Å². The van der Waals surface area contributed by atoms with Gasteiger partial charge in [-0.15, -0.1) is 0 Å². The first-order chi connectivity index (χ1) is 39.5. The van der Waals surface area contributed by atoms with Gasteiger partial charge in [0.15, 0.2) is 6.10 Å². The zero-order chi connectivity index (χ0) is 57.8. The first kappa shape index (κ1) is 77.6. The van der Waals surface area contributed by atoms with Gasteiger partial charge in [0.2, 0.25) is 0 Å². The molecule has 6 nitrogen and oxygen atoms in total. The average molecular weight is 1120 g/mol. The normalized spacial score (nSPS) is 12.2. The summed E-state index contributed by atoms with van der Waals surface area (Å²) in [5.41, 5.74) is 0. The van der Waals surface area contributed by atoms with Crippen LogP contribution in [0.15, 0.2) is 36.5 Å². The summed E-state index contributed by atoms with van der Waals surface area (Å²) >= 11 is 0. The molecule has 470 valence electrons. The van der Waals surface area contributed by atoms with E-state index in [0.29, 0.717) is 19.3 Å². The lowest BCUT2D eigenvalue weighted by atomic mass is 10.0. The summed E-state index contributed by atoms with van der Waals surface area (Å²) in [6, 6.07) is 0. The zero-order valence-electron chi connectivity index (χ0n) is 54.1. The van der Waals surface area contributed by atoms with E-state index >= 15 is 0 Å². The predicted octanol–water partition coefficient (Wildman–Crippen LogP) is 24.7. The van der Waals surface area contributed by atoms with Crippen molar-refractivity contribution in [3.05, 3.63) is 36.5 Å². The van der Waals surface area contributed by atoms with Crippen LogP contribution < -0.4 is 0 Å². The van der Waals surface area contributed by atoms with E-state index in [-0.39, 0.29) is 31.1 Å². The van der Waals surface area contributed by atoms with E-state index in [2.05, 4.69) is 57.2 Å². The molecule has 0 spiro atoms. The van der Waals surface area contributed by atoms with Gasteiger partial charge in [-0.1, -0.05) is 340 Å². The number of unbranched alkanes of at least 4 members (excludes halogenated alkanes) is 50.